The lowest BCUT2D eigenvalue weighted by Gasteiger charge is -2.10. The summed E-state index contributed by atoms with van der Waals surface area (Å²) < 4.78 is 38.8. The van der Waals surface area contributed by atoms with Crippen molar-refractivity contribution in [3.05, 3.63) is 70.8 Å². The quantitative estimate of drug-likeness (QED) is 0.497. The Balaban J connectivity index is 2.06. The zero-order chi connectivity index (χ0) is 17.6. The van der Waals surface area contributed by atoms with Crippen molar-refractivity contribution in [2.24, 2.45) is 15.9 Å². The first-order valence-electron chi connectivity index (χ1n) is 7.07. The predicted molar refractivity (Wildman–Crippen MR) is 93.1 cm³/mol. The van der Waals surface area contributed by atoms with Crippen LogP contribution < -0.4 is 5.73 Å². The number of hydrogen-bond acceptors (Lipinski definition) is 3. The molecule has 0 saturated heterocycles. The van der Waals surface area contributed by atoms with Crippen molar-refractivity contribution in [2.45, 2.75) is 18.9 Å². The fourth-order valence-electron chi connectivity index (χ4n) is 1.96. The average Bonchev–Trinajstić information content (AvgIpc) is 2.53. The molecule has 2 aromatic carbocycles. The van der Waals surface area contributed by atoms with Crippen LogP contribution in [0.1, 0.15) is 22.3 Å². The van der Waals surface area contributed by atoms with Gasteiger partial charge in [0.05, 0.1) is 11.8 Å². The van der Waals surface area contributed by atoms with E-state index in [-0.39, 0.29) is 10.7 Å². The largest absolute Gasteiger partial charge is 0.417 e. The molecule has 0 unspecified atom stereocenters. The minimum absolute atomic E-state index is 0.0351. The van der Waals surface area contributed by atoms with Gasteiger partial charge in [0.25, 0.3) is 0 Å². The lowest BCUT2D eigenvalue weighted by Crippen LogP contribution is -2.09. The van der Waals surface area contributed by atoms with Crippen LogP contribution >= 0.6 is 11.8 Å². The van der Waals surface area contributed by atoms with Crippen molar-refractivity contribution in [1.82, 2.24) is 0 Å². The molecule has 0 aliphatic carbocycles. The Morgan fingerprint density at radius 2 is 1.88 bits per heavy atom. The van der Waals surface area contributed by atoms with E-state index < -0.39 is 11.7 Å². The second-order valence-electron chi connectivity index (χ2n) is 5.05. The average molecular weight is 351 g/mol. The summed E-state index contributed by atoms with van der Waals surface area (Å²) in [7, 11) is 0. The molecule has 7 heteroatoms. The minimum atomic E-state index is -4.44. The monoisotopic (exact) mass is 351 g/mol. The molecule has 0 fully saturated rings. The van der Waals surface area contributed by atoms with Crippen molar-refractivity contribution in [3.63, 3.8) is 0 Å². The number of thioether (sulfide) groups is 1. The van der Waals surface area contributed by atoms with Gasteiger partial charge >= 0.3 is 6.18 Å². The number of nitrogens with two attached hydrogens (primary N) is 1. The standard InChI is InChI=1S/C17H16F3N3S/c1-12-7-8-15(17(18,19)20)14(9-12)10-22-23-16(21)24-11-13-5-3-2-4-6-13/h2-10H,11H2,1H3,(H2,21,23). The maximum absolute atomic E-state index is 12.9. The van der Waals surface area contributed by atoms with Crippen molar-refractivity contribution in [3.8, 4) is 0 Å². The maximum Gasteiger partial charge on any atom is 0.417 e. The molecule has 0 atom stereocenters. The summed E-state index contributed by atoms with van der Waals surface area (Å²) in [4.78, 5) is 0. The van der Waals surface area contributed by atoms with E-state index in [0.717, 1.165) is 17.8 Å². The van der Waals surface area contributed by atoms with Gasteiger partial charge in [0.1, 0.15) is 0 Å². The van der Waals surface area contributed by atoms with Crippen LogP contribution in [0.2, 0.25) is 0 Å². The highest BCUT2D eigenvalue weighted by atomic mass is 32.2. The van der Waals surface area contributed by atoms with Crippen LogP contribution in [0.4, 0.5) is 13.2 Å². The highest BCUT2D eigenvalue weighted by molar-refractivity contribution is 8.13. The fraction of sp³-hybridized carbons (Fsp3) is 0.176. The van der Waals surface area contributed by atoms with Crippen LogP contribution in [-0.2, 0) is 11.9 Å². The maximum atomic E-state index is 12.9. The lowest BCUT2D eigenvalue weighted by atomic mass is 10.1. The number of hydrogen-bond donors (Lipinski definition) is 1. The Morgan fingerprint density at radius 1 is 1.17 bits per heavy atom. The van der Waals surface area contributed by atoms with E-state index in [0.29, 0.717) is 11.3 Å². The van der Waals surface area contributed by atoms with E-state index in [1.165, 1.54) is 23.9 Å². The smallest absolute Gasteiger partial charge is 0.377 e. The SMILES string of the molecule is Cc1ccc(C(F)(F)F)c(C=NN=C(N)SCc2ccccc2)c1. The Bertz CT molecular complexity index is 740. The molecular weight excluding hydrogens is 335 g/mol. The van der Waals surface area contributed by atoms with Gasteiger partial charge in [-0.25, -0.2) is 0 Å². The van der Waals surface area contributed by atoms with E-state index in [4.69, 9.17) is 5.73 Å². The number of aryl methyl sites for hydroxylation is 1. The number of rotatable bonds is 4. The van der Waals surface area contributed by atoms with Gasteiger partial charge in [-0.2, -0.15) is 18.3 Å². The Labute approximate surface area is 142 Å². The lowest BCUT2D eigenvalue weighted by molar-refractivity contribution is -0.137. The van der Waals surface area contributed by atoms with E-state index in [1.807, 2.05) is 30.3 Å². The van der Waals surface area contributed by atoms with E-state index in [9.17, 15) is 13.2 Å². The summed E-state index contributed by atoms with van der Waals surface area (Å²) in [6, 6.07) is 13.5. The third kappa shape index (κ3) is 5.42. The molecule has 0 aromatic heterocycles. The topological polar surface area (TPSA) is 50.7 Å². The van der Waals surface area contributed by atoms with Gasteiger partial charge in [0.2, 0.25) is 0 Å². The summed E-state index contributed by atoms with van der Waals surface area (Å²) in [5, 5.41) is 7.62. The first-order chi connectivity index (χ1) is 11.4. The van der Waals surface area contributed by atoms with Gasteiger partial charge in [-0.3, -0.25) is 0 Å². The third-order valence-corrected chi connectivity index (χ3v) is 3.95. The number of alkyl halides is 3. The van der Waals surface area contributed by atoms with Crippen molar-refractivity contribution in [2.75, 3.05) is 0 Å². The van der Waals surface area contributed by atoms with Crippen LogP contribution in [0, 0.1) is 6.92 Å². The first kappa shape index (κ1) is 18.1. The minimum Gasteiger partial charge on any atom is -0.377 e. The van der Waals surface area contributed by atoms with Gasteiger partial charge < -0.3 is 5.73 Å². The summed E-state index contributed by atoms with van der Waals surface area (Å²) in [5.41, 5.74) is 6.71. The van der Waals surface area contributed by atoms with Gasteiger partial charge in [0.15, 0.2) is 5.17 Å². The van der Waals surface area contributed by atoms with Crippen molar-refractivity contribution in [1.29, 1.82) is 0 Å². The second kappa shape index (κ2) is 8.01. The summed E-state index contributed by atoms with van der Waals surface area (Å²) in [6.07, 6.45) is -3.36. The molecule has 3 nitrogen and oxygen atoms in total. The molecule has 24 heavy (non-hydrogen) atoms. The highest BCUT2D eigenvalue weighted by Gasteiger charge is 2.32. The van der Waals surface area contributed by atoms with Gasteiger partial charge in [-0.1, -0.05) is 53.7 Å². The molecule has 126 valence electrons. The molecule has 0 saturated carbocycles. The molecule has 2 rings (SSSR count). The molecule has 0 aliphatic rings. The van der Waals surface area contributed by atoms with Crippen LogP contribution in [0.25, 0.3) is 0 Å². The molecule has 2 aromatic rings. The van der Waals surface area contributed by atoms with E-state index >= 15 is 0 Å². The number of benzene rings is 2. The molecule has 0 amide bonds. The summed E-state index contributed by atoms with van der Waals surface area (Å²) >= 11 is 1.27. The van der Waals surface area contributed by atoms with Crippen molar-refractivity contribution < 1.29 is 13.2 Å². The van der Waals surface area contributed by atoms with Gasteiger partial charge in [-0.05, 0) is 24.6 Å². The molecule has 2 N–H and O–H groups in total. The van der Waals surface area contributed by atoms with Gasteiger partial charge in [0, 0.05) is 11.3 Å². The number of amidine groups is 1. The first-order valence-corrected chi connectivity index (χ1v) is 8.06. The Morgan fingerprint density at radius 3 is 2.54 bits per heavy atom. The molecule has 0 spiro atoms. The number of nitrogens with zero attached hydrogens (tertiary/aromatic N) is 2. The summed E-state index contributed by atoms with van der Waals surface area (Å²) in [5.74, 6) is 0.615. The Hall–Kier alpha value is -2.28. The molecule has 0 heterocycles. The molecule has 0 radical (unpaired) electrons. The predicted octanol–water partition coefficient (Wildman–Crippen LogP) is 4.60. The molecular formula is C17H16F3N3S. The fourth-order valence-corrected chi connectivity index (χ4v) is 2.57. The third-order valence-electron chi connectivity index (χ3n) is 3.10. The van der Waals surface area contributed by atoms with Gasteiger partial charge in [-0.15, -0.1) is 5.10 Å². The van der Waals surface area contributed by atoms with E-state index in [2.05, 4.69) is 10.2 Å². The van der Waals surface area contributed by atoms with E-state index in [1.54, 1.807) is 6.92 Å². The van der Waals surface area contributed by atoms with Crippen LogP contribution in [0.3, 0.4) is 0 Å². The second-order valence-corrected chi connectivity index (χ2v) is 6.04. The van der Waals surface area contributed by atoms with Crippen LogP contribution in [0.5, 0.6) is 0 Å². The van der Waals surface area contributed by atoms with Crippen LogP contribution in [-0.4, -0.2) is 11.4 Å². The normalized spacial score (nSPS) is 12.8. The zero-order valence-corrected chi connectivity index (χ0v) is 13.7. The molecule has 0 bridgehead atoms. The molecule has 0 aliphatic heterocycles. The summed E-state index contributed by atoms with van der Waals surface area (Å²) in [6.45, 7) is 1.71. The Kier molecular flexibility index (Phi) is 6.03. The number of halogens is 3. The van der Waals surface area contributed by atoms with Crippen LogP contribution in [0.15, 0.2) is 58.7 Å². The highest BCUT2D eigenvalue weighted by Crippen LogP contribution is 2.31. The zero-order valence-electron chi connectivity index (χ0n) is 12.9. The van der Waals surface area contributed by atoms with Crippen molar-refractivity contribution >= 4 is 23.1 Å².